The maximum atomic E-state index is 13.0. The fourth-order valence-corrected chi connectivity index (χ4v) is 4.58. The monoisotopic (exact) mass is 336 g/mol. The second-order valence-corrected chi connectivity index (χ2v) is 7.59. The van der Waals surface area contributed by atoms with E-state index in [9.17, 15) is 10.1 Å². The zero-order valence-electron chi connectivity index (χ0n) is 14.0. The van der Waals surface area contributed by atoms with Gasteiger partial charge in [-0.25, -0.2) is 9.97 Å². The zero-order chi connectivity index (χ0) is 17.1. The van der Waals surface area contributed by atoms with Crippen LogP contribution in [0.15, 0.2) is 18.6 Å². The van der Waals surface area contributed by atoms with Gasteiger partial charge in [0.25, 0.3) is 0 Å². The molecule has 4 heterocycles. The molecule has 1 amide bonds. The van der Waals surface area contributed by atoms with Crippen molar-refractivity contribution in [3.8, 4) is 6.07 Å². The molecule has 0 aromatic carbocycles. The molecule has 1 unspecified atom stereocenters. The molecule has 7 nitrogen and oxygen atoms in total. The van der Waals surface area contributed by atoms with Crippen LogP contribution in [0, 0.1) is 16.7 Å². The molecule has 2 saturated heterocycles. The normalized spacial score (nSPS) is 27.2. The fraction of sp³-hybridized carbons (Fsp3) is 0.556. The summed E-state index contributed by atoms with van der Waals surface area (Å²) in [5, 5.41) is 10.4. The van der Waals surface area contributed by atoms with Gasteiger partial charge in [0, 0.05) is 25.8 Å². The van der Waals surface area contributed by atoms with Gasteiger partial charge in [0.15, 0.2) is 0 Å². The molecule has 7 heteroatoms. The Kier molecular flexibility index (Phi) is 2.91. The van der Waals surface area contributed by atoms with Gasteiger partial charge in [-0.3, -0.25) is 4.79 Å². The highest BCUT2D eigenvalue weighted by atomic mass is 16.2. The van der Waals surface area contributed by atoms with Crippen LogP contribution < -0.4 is 4.90 Å². The third-order valence-corrected chi connectivity index (χ3v) is 6.18. The molecular weight excluding hydrogens is 316 g/mol. The van der Waals surface area contributed by atoms with Crippen molar-refractivity contribution in [2.75, 3.05) is 24.5 Å². The summed E-state index contributed by atoms with van der Waals surface area (Å²) in [7, 11) is 0. The molecular formula is C18H20N6O. The van der Waals surface area contributed by atoms with E-state index < -0.39 is 5.41 Å². The molecule has 3 fully saturated rings. The van der Waals surface area contributed by atoms with Crippen LogP contribution in [0.3, 0.4) is 0 Å². The van der Waals surface area contributed by atoms with Crippen molar-refractivity contribution in [3.05, 3.63) is 18.6 Å². The van der Waals surface area contributed by atoms with E-state index in [4.69, 9.17) is 0 Å². The fourth-order valence-electron chi connectivity index (χ4n) is 4.58. The van der Waals surface area contributed by atoms with Crippen LogP contribution in [0.1, 0.15) is 32.1 Å². The van der Waals surface area contributed by atoms with Crippen molar-refractivity contribution in [2.24, 2.45) is 5.41 Å². The summed E-state index contributed by atoms with van der Waals surface area (Å²) in [4.78, 5) is 29.2. The van der Waals surface area contributed by atoms with Gasteiger partial charge < -0.3 is 14.8 Å². The maximum Gasteiger partial charge on any atom is 0.243 e. The Morgan fingerprint density at radius 1 is 1.24 bits per heavy atom. The molecule has 25 heavy (non-hydrogen) atoms. The van der Waals surface area contributed by atoms with Crippen molar-refractivity contribution in [3.63, 3.8) is 0 Å². The highest BCUT2D eigenvalue weighted by molar-refractivity contribution is 5.90. The predicted molar refractivity (Wildman–Crippen MR) is 91.7 cm³/mol. The number of hydrogen-bond acceptors (Lipinski definition) is 5. The van der Waals surface area contributed by atoms with Gasteiger partial charge in [0.2, 0.25) is 5.91 Å². The summed E-state index contributed by atoms with van der Waals surface area (Å²) in [6, 6.07) is 4.27. The first-order valence-electron chi connectivity index (χ1n) is 8.94. The smallest absolute Gasteiger partial charge is 0.243 e. The van der Waals surface area contributed by atoms with E-state index >= 15 is 0 Å². The number of hydrogen-bond donors (Lipinski definition) is 1. The molecule has 2 aliphatic heterocycles. The molecule has 128 valence electrons. The summed E-state index contributed by atoms with van der Waals surface area (Å²) < 4.78 is 0. The summed E-state index contributed by atoms with van der Waals surface area (Å²) in [5.41, 5.74) is -0.0308. The molecule has 5 rings (SSSR count). The summed E-state index contributed by atoms with van der Waals surface area (Å²) in [5.74, 6) is 0.993. The molecule has 2 aromatic heterocycles. The lowest BCUT2D eigenvalue weighted by molar-refractivity contribution is -0.138. The first kappa shape index (κ1) is 14.7. The molecule has 2 aromatic rings. The van der Waals surface area contributed by atoms with E-state index in [1.54, 1.807) is 6.33 Å². The number of fused-ring (bicyclic) bond motifs is 1. The highest BCUT2D eigenvalue weighted by Gasteiger charge is 2.58. The van der Waals surface area contributed by atoms with Crippen molar-refractivity contribution in [2.45, 2.75) is 37.6 Å². The number of aromatic nitrogens is 3. The minimum Gasteiger partial charge on any atom is -0.354 e. The van der Waals surface area contributed by atoms with Gasteiger partial charge in [-0.2, -0.15) is 5.26 Å². The molecule has 1 aliphatic carbocycles. The molecule has 1 atom stereocenters. The minimum atomic E-state index is -0.729. The van der Waals surface area contributed by atoms with Crippen LogP contribution in [0.4, 0.5) is 5.82 Å². The number of aromatic amines is 1. The third-order valence-electron chi connectivity index (χ3n) is 6.18. The van der Waals surface area contributed by atoms with Gasteiger partial charge in [0.05, 0.1) is 17.0 Å². The van der Waals surface area contributed by atoms with E-state index in [1.165, 1.54) is 0 Å². The van der Waals surface area contributed by atoms with Gasteiger partial charge in [-0.05, 0) is 38.2 Å². The van der Waals surface area contributed by atoms with Crippen LogP contribution in [-0.2, 0) is 4.79 Å². The van der Waals surface area contributed by atoms with Crippen molar-refractivity contribution < 1.29 is 4.79 Å². The van der Waals surface area contributed by atoms with Crippen molar-refractivity contribution in [1.82, 2.24) is 19.9 Å². The Labute approximate surface area is 145 Å². The van der Waals surface area contributed by atoms with E-state index in [1.807, 2.05) is 17.2 Å². The average Bonchev–Trinajstić information content (AvgIpc) is 3.01. The first-order chi connectivity index (χ1) is 12.2. The number of H-pyrrole nitrogens is 1. The molecule has 1 N–H and O–H groups in total. The van der Waals surface area contributed by atoms with E-state index in [0.29, 0.717) is 12.8 Å². The highest BCUT2D eigenvalue weighted by Crippen LogP contribution is 2.50. The predicted octanol–water partition coefficient (Wildman–Crippen LogP) is 1.83. The number of likely N-dealkylation sites (tertiary alicyclic amines) is 1. The van der Waals surface area contributed by atoms with Crippen molar-refractivity contribution >= 4 is 22.8 Å². The molecule has 1 saturated carbocycles. The Morgan fingerprint density at radius 3 is 2.92 bits per heavy atom. The number of carbonyl (C=O) groups excluding carboxylic acids is 1. The number of rotatable bonds is 2. The Morgan fingerprint density at radius 2 is 2.12 bits per heavy atom. The number of anilines is 1. The summed E-state index contributed by atoms with van der Waals surface area (Å²) in [6.45, 7) is 2.44. The zero-order valence-corrected chi connectivity index (χ0v) is 14.0. The third kappa shape index (κ3) is 2.00. The molecule has 1 spiro atoms. The Balaban J connectivity index is 1.45. The largest absolute Gasteiger partial charge is 0.354 e. The number of nitrogens with one attached hydrogen (secondary N) is 1. The van der Waals surface area contributed by atoms with Crippen LogP contribution in [-0.4, -0.2) is 50.9 Å². The lowest BCUT2D eigenvalue weighted by Gasteiger charge is -2.36. The summed E-state index contributed by atoms with van der Waals surface area (Å²) in [6.07, 6.45) is 7.87. The molecule has 3 aliphatic rings. The van der Waals surface area contributed by atoms with E-state index in [-0.39, 0.29) is 11.4 Å². The average molecular weight is 336 g/mol. The summed E-state index contributed by atoms with van der Waals surface area (Å²) >= 11 is 0. The lowest BCUT2D eigenvalue weighted by atomic mass is 9.93. The van der Waals surface area contributed by atoms with Gasteiger partial charge in [-0.1, -0.05) is 0 Å². The van der Waals surface area contributed by atoms with Gasteiger partial charge >= 0.3 is 0 Å². The van der Waals surface area contributed by atoms with Crippen LogP contribution in [0.25, 0.3) is 11.0 Å². The number of amides is 1. The molecule has 0 radical (unpaired) electrons. The molecule has 0 bridgehead atoms. The SMILES string of the molecule is N#CC1(C(=O)N2CCCC23CCN(c2ncnc4[nH]ccc24)C3)CC1. The number of nitriles is 1. The standard InChI is InChI=1S/C18H20N6O/c19-10-17(4-5-17)16(25)24-8-1-3-18(24)6-9-23(11-18)15-13-2-7-20-14(13)21-12-22-15/h2,7,12H,1,3-6,8-9,11H2,(H,20,21,22). The Hall–Kier alpha value is -2.62. The van der Waals surface area contributed by atoms with Crippen LogP contribution in [0.2, 0.25) is 0 Å². The van der Waals surface area contributed by atoms with Gasteiger partial charge in [-0.15, -0.1) is 0 Å². The second kappa shape index (κ2) is 4.94. The van der Waals surface area contributed by atoms with Gasteiger partial charge in [0.1, 0.15) is 23.2 Å². The minimum absolute atomic E-state index is 0.0591. The second-order valence-electron chi connectivity index (χ2n) is 7.59. The quantitative estimate of drug-likeness (QED) is 0.904. The maximum absolute atomic E-state index is 13.0. The first-order valence-corrected chi connectivity index (χ1v) is 8.94. The Bertz CT molecular complexity index is 894. The topological polar surface area (TPSA) is 88.9 Å². The van der Waals surface area contributed by atoms with Crippen LogP contribution in [0.5, 0.6) is 0 Å². The van der Waals surface area contributed by atoms with Crippen molar-refractivity contribution in [1.29, 1.82) is 5.26 Å². The number of nitrogens with zero attached hydrogens (tertiary/aromatic N) is 5. The lowest BCUT2D eigenvalue weighted by Crippen LogP contribution is -2.51. The number of carbonyl (C=O) groups is 1. The van der Waals surface area contributed by atoms with E-state index in [2.05, 4.69) is 25.9 Å². The van der Waals surface area contributed by atoms with Crippen LogP contribution >= 0.6 is 0 Å². The van der Waals surface area contributed by atoms with E-state index in [0.717, 1.165) is 55.7 Å².